The number of hydrogen-bond donors (Lipinski definition) is 0. The lowest BCUT2D eigenvalue weighted by molar-refractivity contribution is 0.488. The van der Waals surface area contributed by atoms with E-state index in [2.05, 4.69) is 20.9 Å². The molecule has 0 aliphatic rings. The fraction of sp³-hybridized carbons (Fsp3) is 0.250. The maximum Gasteiger partial charge on any atom is 0.206 e. The first-order valence-corrected chi connectivity index (χ1v) is 7.42. The topological polar surface area (TPSA) is 43.1 Å². The average molecular weight is 314 g/mol. The lowest BCUT2D eigenvalue weighted by Gasteiger charge is -2.01. The molecule has 3 nitrogen and oxygen atoms in total. The third-order valence-electron chi connectivity index (χ3n) is 2.17. The SMILES string of the molecule is Cc1cnc(CS(=O)Cc2cccc(Br)c2)o1. The van der Waals surface area contributed by atoms with Gasteiger partial charge in [0.25, 0.3) is 0 Å². The lowest BCUT2D eigenvalue weighted by Crippen LogP contribution is -1.99. The van der Waals surface area contributed by atoms with Crippen molar-refractivity contribution in [2.24, 2.45) is 0 Å². The first kappa shape index (κ1) is 12.5. The standard InChI is InChI=1S/C12H12BrNO2S/c1-9-6-14-12(16-9)8-17(15)7-10-3-2-4-11(13)5-10/h2-6H,7-8H2,1H3. The number of rotatable bonds is 4. The van der Waals surface area contributed by atoms with E-state index in [0.29, 0.717) is 17.4 Å². The zero-order valence-electron chi connectivity index (χ0n) is 9.35. The number of aryl methyl sites for hydroxylation is 1. The van der Waals surface area contributed by atoms with Crippen molar-refractivity contribution in [3.63, 3.8) is 0 Å². The number of hydrogen-bond acceptors (Lipinski definition) is 3. The molecule has 1 unspecified atom stereocenters. The van der Waals surface area contributed by atoms with Gasteiger partial charge >= 0.3 is 0 Å². The van der Waals surface area contributed by atoms with Crippen molar-refractivity contribution in [3.8, 4) is 0 Å². The molecule has 2 aromatic rings. The van der Waals surface area contributed by atoms with Crippen LogP contribution in [0.15, 0.2) is 39.4 Å². The van der Waals surface area contributed by atoms with Crippen molar-refractivity contribution < 1.29 is 8.63 Å². The summed E-state index contributed by atoms with van der Waals surface area (Å²) in [5, 5.41) is 0. The fourth-order valence-corrected chi connectivity index (χ4v) is 2.98. The molecule has 1 heterocycles. The fourth-order valence-electron chi connectivity index (χ4n) is 1.47. The van der Waals surface area contributed by atoms with E-state index < -0.39 is 10.8 Å². The molecule has 17 heavy (non-hydrogen) atoms. The highest BCUT2D eigenvalue weighted by Gasteiger charge is 2.08. The van der Waals surface area contributed by atoms with E-state index in [-0.39, 0.29) is 0 Å². The van der Waals surface area contributed by atoms with Crippen molar-refractivity contribution in [1.29, 1.82) is 0 Å². The van der Waals surface area contributed by atoms with Gasteiger partial charge in [-0.1, -0.05) is 28.1 Å². The van der Waals surface area contributed by atoms with E-state index in [4.69, 9.17) is 4.42 Å². The van der Waals surface area contributed by atoms with E-state index in [1.54, 1.807) is 6.20 Å². The van der Waals surface area contributed by atoms with Crippen LogP contribution >= 0.6 is 15.9 Å². The van der Waals surface area contributed by atoms with E-state index >= 15 is 0 Å². The van der Waals surface area contributed by atoms with Gasteiger partial charge in [0.15, 0.2) is 0 Å². The molecule has 1 aromatic heterocycles. The van der Waals surface area contributed by atoms with Crippen LogP contribution in [0, 0.1) is 6.92 Å². The molecular weight excluding hydrogens is 302 g/mol. The van der Waals surface area contributed by atoms with Gasteiger partial charge in [0, 0.05) is 21.0 Å². The molecule has 90 valence electrons. The molecule has 0 saturated heterocycles. The highest BCUT2D eigenvalue weighted by Crippen LogP contribution is 2.14. The smallest absolute Gasteiger partial charge is 0.206 e. The van der Waals surface area contributed by atoms with Crippen LogP contribution in [0.4, 0.5) is 0 Å². The number of nitrogens with zero attached hydrogens (tertiary/aromatic N) is 1. The van der Waals surface area contributed by atoms with Crippen LogP contribution in [0.5, 0.6) is 0 Å². The summed E-state index contributed by atoms with van der Waals surface area (Å²) in [6, 6.07) is 7.82. The van der Waals surface area contributed by atoms with E-state index in [1.165, 1.54) is 0 Å². The third kappa shape index (κ3) is 3.78. The van der Waals surface area contributed by atoms with Gasteiger partial charge in [0.2, 0.25) is 5.89 Å². The van der Waals surface area contributed by atoms with E-state index in [0.717, 1.165) is 15.8 Å². The molecule has 0 aliphatic carbocycles. The number of halogens is 1. The molecule has 0 N–H and O–H groups in total. The minimum atomic E-state index is -0.994. The van der Waals surface area contributed by atoms with Crippen LogP contribution in [-0.4, -0.2) is 9.19 Å². The minimum absolute atomic E-state index is 0.361. The van der Waals surface area contributed by atoms with E-state index in [1.807, 2.05) is 31.2 Å². The summed E-state index contributed by atoms with van der Waals surface area (Å²) in [7, 11) is -0.994. The number of benzene rings is 1. The second-order valence-corrected chi connectivity index (χ2v) is 6.10. The monoisotopic (exact) mass is 313 g/mol. The van der Waals surface area contributed by atoms with Gasteiger partial charge in [0.05, 0.1) is 6.20 Å². The Morgan fingerprint density at radius 3 is 2.88 bits per heavy atom. The largest absolute Gasteiger partial charge is 0.445 e. The predicted molar refractivity (Wildman–Crippen MR) is 70.9 cm³/mol. The summed E-state index contributed by atoms with van der Waals surface area (Å²) < 4.78 is 18.2. The second kappa shape index (κ2) is 5.60. The summed E-state index contributed by atoms with van der Waals surface area (Å²) in [6.07, 6.45) is 1.64. The lowest BCUT2D eigenvalue weighted by atomic mass is 10.2. The summed E-state index contributed by atoms with van der Waals surface area (Å²) in [6.45, 7) is 1.83. The molecule has 1 aromatic carbocycles. The Kier molecular flexibility index (Phi) is 4.12. The molecule has 0 aliphatic heterocycles. The van der Waals surface area contributed by atoms with Crippen molar-refractivity contribution in [1.82, 2.24) is 4.98 Å². The van der Waals surface area contributed by atoms with Gasteiger partial charge in [-0.25, -0.2) is 4.98 Å². The molecule has 0 spiro atoms. The Morgan fingerprint density at radius 1 is 1.41 bits per heavy atom. The van der Waals surface area contributed by atoms with Crippen LogP contribution in [0.25, 0.3) is 0 Å². The highest BCUT2D eigenvalue weighted by molar-refractivity contribution is 9.10. The highest BCUT2D eigenvalue weighted by atomic mass is 79.9. The average Bonchev–Trinajstić information content (AvgIpc) is 2.63. The minimum Gasteiger partial charge on any atom is -0.445 e. The van der Waals surface area contributed by atoms with Crippen LogP contribution < -0.4 is 0 Å². The van der Waals surface area contributed by atoms with Gasteiger partial charge in [0.1, 0.15) is 11.5 Å². The van der Waals surface area contributed by atoms with E-state index in [9.17, 15) is 4.21 Å². The molecule has 2 rings (SSSR count). The Labute approximate surface area is 111 Å². The quantitative estimate of drug-likeness (QED) is 0.870. The maximum absolute atomic E-state index is 11.9. The van der Waals surface area contributed by atoms with Crippen molar-refractivity contribution in [3.05, 3.63) is 52.1 Å². The Hall–Kier alpha value is -0.940. The maximum atomic E-state index is 11.9. The number of aromatic nitrogens is 1. The van der Waals surface area contributed by atoms with Gasteiger partial charge < -0.3 is 4.42 Å². The van der Waals surface area contributed by atoms with Crippen molar-refractivity contribution >= 4 is 26.7 Å². The Bertz CT molecular complexity index is 539. The molecule has 0 radical (unpaired) electrons. The first-order valence-electron chi connectivity index (χ1n) is 5.14. The second-order valence-electron chi connectivity index (χ2n) is 3.72. The molecule has 0 bridgehead atoms. The summed E-state index contributed by atoms with van der Waals surface area (Å²) in [5.74, 6) is 2.16. The van der Waals surface area contributed by atoms with Gasteiger partial charge in [-0.05, 0) is 24.6 Å². The normalized spacial score (nSPS) is 12.6. The van der Waals surface area contributed by atoms with Gasteiger partial charge in [-0.15, -0.1) is 0 Å². The molecule has 1 atom stereocenters. The predicted octanol–water partition coefficient (Wildman–Crippen LogP) is 3.19. The summed E-state index contributed by atoms with van der Waals surface area (Å²) in [4.78, 5) is 4.05. The molecular formula is C12H12BrNO2S. The van der Waals surface area contributed by atoms with Crippen LogP contribution in [-0.2, 0) is 22.3 Å². The zero-order chi connectivity index (χ0) is 12.3. The van der Waals surface area contributed by atoms with Crippen LogP contribution in [0.3, 0.4) is 0 Å². The Balaban J connectivity index is 1.98. The van der Waals surface area contributed by atoms with Crippen molar-refractivity contribution in [2.45, 2.75) is 18.4 Å². The zero-order valence-corrected chi connectivity index (χ0v) is 11.8. The summed E-state index contributed by atoms with van der Waals surface area (Å²) >= 11 is 3.39. The van der Waals surface area contributed by atoms with Gasteiger partial charge in [-0.3, -0.25) is 4.21 Å². The Morgan fingerprint density at radius 2 is 2.24 bits per heavy atom. The van der Waals surface area contributed by atoms with Crippen LogP contribution in [0.2, 0.25) is 0 Å². The van der Waals surface area contributed by atoms with Crippen LogP contribution in [0.1, 0.15) is 17.2 Å². The molecule has 0 saturated carbocycles. The number of oxazole rings is 1. The third-order valence-corrected chi connectivity index (χ3v) is 3.89. The molecule has 0 fully saturated rings. The summed E-state index contributed by atoms with van der Waals surface area (Å²) in [5.41, 5.74) is 1.04. The molecule has 5 heteroatoms. The first-order chi connectivity index (χ1) is 8.13. The van der Waals surface area contributed by atoms with Gasteiger partial charge in [-0.2, -0.15) is 0 Å². The molecule has 0 amide bonds. The van der Waals surface area contributed by atoms with Crippen molar-refractivity contribution in [2.75, 3.05) is 0 Å².